The van der Waals surface area contributed by atoms with Crippen molar-refractivity contribution in [2.24, 2.45) is 0 Å². The maximum Gasteiger partial charge on any atom is 0.255 e. The molecule has 5 nitrogen and oxygen atoms in total. The topological polar surface area (TPSA) is 67.4 Å². The zero-order valence-corrected chi connectivity index (χ0v) is 14.7. The average molecular weight is 350 g/mol. The highest BCUT2D eigenvalue weighted by Gasteiger charge is 2.52. The van der Waals surface area contributed by atoms with Gasteiger partial charge >= 0.3 is 0 Å². The minimum absolute atomic E-state index is 0.148. The number of carbonyl (C=O) groups excluding carboxylic acids is 2. The molecule has 0 atom stereocenters. The van der Waals surface area contributed by atoms with Crippen molar-refractivity contribution in [2.75, 3.05) is 12.4 Å². The van der Waals surface area contributed by atoms with E-state index in [1.165, 1.54) is 0 Å². The quantitative estimate of drug-likeness (QED) is 0.840. The summed E-state index contributed by atoms with van der Waals surface area (Å²) in [6.07, 6.45) is 3.97. The van der Waals surface area contributed by atoms with Crippen molar-refractivity contribution in [3.05, 3.63) is 59.7 Å². The zero-order chi connectivity index (χ0) is 18.1. The standard InChI is InChI=1S/C21H22N2O3/c1-26-18-10-2-14(3-11-18)19(24)22-16-6-4-15(5-7-16)21(12-13-21)20(25)23-17-8-9-17/h2-7,10-11,17H,8-9,12-13H2,1H3,(H,22,24)(H,23,25). The summed E-state index contributed by atoms with van der Waals surface area (Å²) < 4.78 is 5.10. The summed E-state index contributed by atoms with van der Waals surface area (Å²) in [7, 11) is 1.59. The summed E-state index contributed by atoms with van der Waals surface area (Å²) >= 11 is 0. The Hall–Kier alpha value is -2.82. The first-order valence-corrected chi connectivity index (χ1v) is 8.98. The molecule has 26 heavy (non-hydrogen) atoms. The number of benzene rings is 2. The molecule has 5 heteroatoms. The van der Waals surface area contributed by atoms with Crippen molar-refractivity contribution < 1.29 is 14.3 Å². The maximum atomic E-state index is 12.5. The largest absolute Gasteiger partial charge is 0.497 e. The van der Waals surface area contributed by atoms with Gasteiger partial charge in [-0.3, -0.25) is 9.59 Å². The molecule has 2 saturated carbocycles. The highest BCUT2D eigenvalue weighted by atomic mass is 16.5. The van der Waals surface area contributed by atoms with Gasteiger partial charge in [-0.1, -0.05) is 12.1 Å². The van der Waals surface area contributed by atoms with Crippen LogP contribution in [-0.4, -0.2) is 25.0 Å². The van der Waals surface area contributed by atoms with E-state index >= 15 is 0 Å². The molecular formula is C21H22N2O3. The lowest BCUT2D eigenvalue weighted by molar-refractivity contribution is -0.123. The van der Waals surface area contributed by atoms with E-state index in [-0.39, 0.29) is 17.2 Å². The SMILES string of the molecule is COc1ccc(C(=O)Nc2ccc(C3(C(=O)NC4CC4)CC3)cc2)cc1. The van der Waals surface area contributed by atoms with Crippen LogP contribution in [-0.2, 0) is 10.2 Å². The highest BCUT2D eigenvalue weighted by Crippen LogP contribution is 2.49. The van der Waals surface area contributed by atoms with Crippen LogP contribution in [0.1, 0.15) is 41.6 Å². The van der Waals surface area contributed by atoms with Gasteiger partial charge in [-0.2, -0.15) is 0 Å². The van der Waals surface area contributed by atoms with Crippen LogP contribution in [0.5, 0.6) is 5.75 Å². The summed E-state index contributed by atoms with van der Waals surface area (Å²) in [6, 6.07) is 15.0. The normalized spacial score (nSPS) is 17.3. The maximum absolute atomic E-state index is 12.5. The van der Waals surface area contributed by atoms with E-state index in [4.69, 9.17) is 4.74 Å². The molecule has 2 fully saturated rings. The molecule has 0 radical (unpaired) electrons. The first-order chi connectivity index (χ1) is 12.6. The van der Waals surface area contributed by atoms with Gasteiger partial charge in [0.15, 0.2) is 0 Å². The van der Waals surface area contributed by atoms with Crippen molar-refractivity contribution in [2.45, 2.75) is 37.1 Å². The Kier molecular flexibility index (Phi) is 4.15. The second-order valence-electron chi connectivity index (χ2n) is 7.09. The number of nitrogens with one attached hydrogen (secondary N) is 2. The van der Waals surface area contributed by atoms with Gasteiger partial charge in [-0.15, -0.1) is 0 Å². The second-order valence-corrected chi connectivity index (χ2v) is 7.09. The lowest BCUT2D eigenvalue weighted by Crippen LogP contribution is -2.36. The van der Waals surface area contributed by atoms with Crippen LogP contribution in [0, 0.1) is 0 Å². The van der Waals surface area contributed by atoms with E-state index < -0.39 is 0 Å². The van der Waals surface area contributed by atoms with E-state index in [1.807, 2.05) is 24.3 Å². The van der Waals surface area contributed by atoms with E-state index in [0.29, 0.717) is 23.0 Å². The van der Waals surface area contributed by atoms with Gasteiger partial charge in [0.05, 0.1) is 12.5 Å². The van der Waals surface area contributed by atoms with Crippen LogP contribution < -0.4 is 15.4 Å². The number of amides is 2. The average Bonchev–Trinajstić information content (AvgIpc) is 3.57. The van der Waals surface area contributed by atoms with Gasteiger partial charge in [0.2, 0.25) is 5.91 Å². The van der Waals surface area contributed by atoms with Gasteiger partial charge in [-0.05, 0) is 67.6 Å². The molecule has 2 amide bonds. The van der Waals surface area contributed by atoms with E-state index in [2.05, 4.69) is 10.6 Å². The highest BCUT2D eigenvalue weighted by molar-refractivity contribution is 6.04. The lowest BCUT2D eigenvalue weighted by Gasteiger charge is -2.16. The minimum atomic E-state index is -0.360. The van der Waals surface area contributed by atoms with Crippen LogP contribution in [0.4, 0.5) is 5.69 Å². The minimum Gasteiger partial charge on any atom is -0.497 e. The first kappa shape index (κ1) is 16.6. The van der Waals surface area contributed by atoms with Gasteiger partial charge in [0, 0.05) is 17.3 Å². The summed E-state index contributed by atoms with van der Waals surface area (Å²) in [5.41, 5.74) is 1.95. The molecule has 0 bridgehead atoms. The molecule has 2 aromatic rings. The molecule has 0 aromatic heterocycles. The van der Waals surface area contributed by atoms with Crippen molar-refractivity contribution >= 4 is 17.5 Å². The van der Waals surface area contributed by atoms with Crippen molar-refractivity contribution in [3.63, 3.8) is 0 Å². The third-order valence-electron chi connectivity index (χ3n) is 5.14. The van der Waals surface area contributed by atoms with Crippen LogP contribution in [0.15, 0.2) is 48.5 Å². The monoisotopic (exact) mass is 350 g/mol. The summed E-state index contributed by atoms with van der Waals surface area (Å²) in [5.74, 6) is 0.688. The molecule has 2 N–H and O–H groups in total. The molecule has 2 aliphatic rings. The predicted molar refractivity (Wildman–Crippen MR) is 99.5 cm³/mol. The Bertz CT molecular complexity index is 819. The van der Waals surface area contributed by atoms with Crippen LogP contribution in [0.3, 0.4) is 0 Å². The molecule has 0 saturated heterocycles. The molecule has 2 aliphatic carbocycles. The number of hydrogen-bond donors (Lipinski definition) is 2. The summed E-state index contributed by atoms with van der Waals surface area (Å²) in [6.45, 7) is 0. The molecule has 0 spiro atoms. The fraction of sp³-hybridized carbons (Fsp3) is 0.333. The van der Waals surface area contributed by atoms with E-state index in [0.717, 1.165) is 31.2 Å². The van der Waals surface area contributed by atoms with Gasteiger partial charge in [0.1, 0.15) is 5.75 Å². The zero-order valence-electron chi connectivity index (χ0n) is 14.7. The Morgan fingerprint density at radius 3 is 2.19 bits per heavy atom. The fourth-order valence-electron chi connectivity index (χ4n) is 3.14. The summed E-state index contributed by atoms with van der Waals surface area (Å²) in [5, 5.41) is 6.00. The van der Waals surface area contributed by atoms with Crippen LogP contribution >= 0.6 is 0 Å². The first-order valence-electron chi connectivity index (χ1n) is 8.98. The molecule has 4 rings (SSSR count). The van der Waals surface area contributed by atoms with Crippen LogP contribution in [0.25, 0.3) is 0 Å². The van der Waals surface area contributed by atoms with Crippen molar-refractivity contribution in [1.29, 1.82) is 0 Å². The van der Waals surface area contributed by atoms with Gasteiger partial charge in [-0.25, -0.2) is 0 Å². The number of rotatable bonds is 6. The third-order valence-corrected chi connectivity index (χ3v) is 5.14. The van der Waals surface area contributed by atoms with Crippen LogP contribution in [0.2, 0.25) is 0 Å². The Labute approximate surface area is 152 Å². The number of hydrogen-bond acceptors (Lipinski definition) is 3. The molecule has 0 aliphatic heterocycles. The molecular weight excluding hydrogens is 328 g/mol. The third kappa shape index (κ3) is 3.29. The van der Waals surface area contributed by atoms with E-state index in [1.54, 1.807) is 31.4 Å². The van der Waals surface area contributed by atoms with E-state index in [9.17, 15) is 9.59 Å². The molecule has 134 valence electrons. The fourth-order valence-corrected chi connectivity index (χ4v) is 3.14. The summed E-state index contributed by atoms with van der Waals surface area (Å²) in [4.78, 5) is 24.8. The smallest absolute Gasteiger partial charge is 0.255 e. The second kappa shape index (κ2) is 6.48. The molecule has 2 aromatic carbocycles. The van der Waals surface area contributed by atoms with Gasteiger partial charge in [0.25, 0.3) is 5.91 Å². The lowest BCUT2D eigenvalue weighted by atomic mass is 9.94. The predicted octanol–water partition coefficient (Wildman–Crippen LogP) is 3.26. The number of anilines is 1. The Morgan fingerprint density at radius 2 is 1.65 bits per heavy atom. The van der Waals surface area contributed by atoms with Gasteiger partial charge < -0.3 is 15.4 Å². The van der Waals surface area contributed by atoms with Crippen molar-refractivity contribution in [3.8, 4) is 5.75 Å². The Balaban J connectivity index is 1.42. The molecule has 0 unspecified atom stereocenters. The number of methoxy groups -OCH3 is 1. The van der Waals surface area contributed by atoms with Crippen molar-refractivity contribution in [1.82, 2.24) is 5.32 Å². The number of carbonyl (C=O) groups is 2. The number of ether oxygens (including phenoxy) is 1. The molecule has 0 heterocycles. The Morgan fingerprint density at radius 1 is 1.00 bits per heavy atom.